The second-order valence-corrected chi connectivity index (χ2v) is 3.27. The zero-order chi connectivity index (χ0) is 10.0. The predicted octanol–water partition coefficient (Wildman–Crippen LogP) is 1.93. The summed E-state index contributed by atoms with van der Waals surface area (Å²) in [5, 5.41) is 3.67. The van der Waals surface area contributed by atoms with Crippen molar-refractivity contribution in [2.24, 2.45) is 11.7 Å². The van der Waals surface area contributed by atoms with Gasteiger partial charge in [-0.05, 0) is 12.0 Å². The maximum absolute atomic E-state index is 12.1. The molecule has 13 heavy (non-hydrogen) atoms. The number of alkyl halides is 2. The Morgan fingerprint density at radius 3 is 2.46 bits per heavy atom. The molecule has 0 saturated heterocycles. The predicted molar refractivity (Wildman–Crippen MR) is 45.2 cm³/mol. The highest BCUT2D eigenvalue weighted by atomic mass is 19.3. The van der Waals surface area contributed by atoms with Gasteiger partial charge in [-0.3, -0.25) is 0 Å². The third kappa shape index (κ3) is 2.24. The molecule has 0 saturated carbocycles. The monoisotopic (exact) mass is 189 g/mol. The zero-order valence-corrected chi connectivity index (χ0v) is 7.61. The maximum Gasteiger partial charge on any atom is 0.333 e. The van der Waals surface area contributed by atoms with E-state index >= 15 is 0 Å². The van der Waals surface area contributed by atoms with E-state index in [9.17, 15) is 8.78 Å². The summed E-state index contributed by atoms with van der Waals surface area (Å²) in [6.45, 7) is 1.26. The highest BCUT2D eigenvalue weighted by Gasteiger charge is 2.15. The van der Waals surface area contributed by atoms with Crippen LogP contribution in [0.3, 0.4) is 0 Å². The standard InChI is InChI=1S/C8H13F2N3/c1-5(2)7(11)6-3-4-13(12-6)8(9)10/h3-5,7-8H,11H2,1-2H3/t7-/m0/s1. The molecular formula is C8H13F2N3. The SMILES string of the molecule is CC(C)[C@H](N)c1ccn(C(F)F)n1. The van der Waals surface area contributed by atoms with E-state index in [1.807, 2.05) is 13.8 Å². The lowest BCUT2D eigenvalue weighted by Crippen LogP contribution is -2.17. The molecule has 1 aromatic rings. The molecule has 0 aliphatic rings. The maximum atomic E-state index is 12.1. The summed E-state index contributed by atoms with van der Waals surface area (Å²) >= 11 is 0. The van der Waals surface area contributed by atoms with E-state index < -0.39 is 6.55 Å². The molecule has 3 nitrogen and oxygen atoms in total. The lowest BCUT2D eigenvalue weighted by molar-refractivity contribution is 0.0559. The van der Waals surface area contributed by atoms with Gasteiger partial charge in [-0.15, -0.1) is 0 Å². The molecule has 0 aromatic carbocycles. The molecule has 0 bridgehead atoms. The van der Waals surface area contributed by atoms with Crippen LogP contribution in [0.15, 0.2) is 12.3 Å². The van der Waals surface area contributed by atoms with Crippen molar-refractivity contribution in [2.45, 2.75) is 26.4 Å². The second-order valence-electron chi connectivity index (χ2n) is 3.27. The largest absolute Gasteiger partial charge is 0.333 e. The Hall–Kier alpha value is -0.970. The summed E-state index contributed by atoms with van der Waals surface area (Å²) in [6.07, 6.45) is 1.24. The van der Waals surface area contributed by atoms with Crippen molar-refractivity contribution in [1.29, 1.82) is 0 Å². The molecule has 0 unspecified atom stereocenters. The molecule has 5 heteroatoms. The molecular weight excluding hydrogens is 176 g/mol. The van der Waals surface area contributed by atoms with Crippen LogP contribution in [0.5, 0.6) is 0 Å². The molecule has 0 aliphatic carbocycles. The number of nitrogens with two attached hydrogens (primary N) is 1. The van der Waals surface area contributed by atoms with Crippen LogP contribution in [0.25, 0.3) is 0 Å². The van der Waals surface area contributed by atoms with Crippen LogP contribution in [0.4, 0.5) is 8.78 Å². The van der Waals surface area contributed by atoms with Gasteiger partial charge >= 0.3 is 6.55 Å². The van der Waals surface area contributed by atoms with Crippen LogP contribution in [0.1, 0.15) is 32.1 Å². The quantitative estimate of drug-likeness (QED) is 0.789. The van der Waals surface area contributed by atoms with Crippen LogP contribution in [0, 0.1) is 5.92 Å². The Balaban J connectivity index is 2.79. The smallest absolute Gasteiger partial charge is 0.322 e. The van der Waals surface area contributed by atoms with E-state index in [1.54, 1.807) is 0 Å². The van der Waals surface area contributed by atoms with Gasteiger partial charge in [0.1, 0.15) is 0 Å². The molecule has 0 radical (unpaired) electrons. The van der Waals surface area contributed by atoms with Crippen molar-refractivity contribution in [1.82, 2.24) is 9.78 Å². The molecule has 2 N–H and O–H groups in total. The van der Waals surface area contributed by atoms with E-state index in [0.29, 0.717) is 10.4 Å². The molecule has 0 amide bonds. The first-order valence-corrected chi connectivity index (χ1v) is 4.11. The fourth-order valence-corrected chi connectivity index (χ4v) is 0.981. The van der Waals surface area contributed by atoms with Crippen molar-refractivity contribution in [3.63, 3.8) is 0 Å². The van der Waals surface area contributed by atoms with Crippen molar-refractivity contribution in [3.8, 4) is 0 Å². The number of halogens is 2. The van der Waals surface area contributed by atoms with Crippen molar-refractivity contribution < 1.29 is 8.78 Å². The zero-order valence-electron chi connectivity index (χ0n) is 7.61. The van der Waals surface area contributed by atoms with E-state index in [2.05, 4.69) is 5.10 Å². The summed E-state index contributed by atoms with van der Waals surface area (Å²) < 4.78 is 24.8. The summed E-state index contributed by atoms with van der Waals surface area (Å²) in [4.78, 5) is 0. The minimum absolute atomic E-state index is 0.195. The molecule has 0 spiro atoms. The Kier molecular flexibility index (Phi) is 2.98. The molecule has 1 heterocycles. The first kappa shape index (κ1) is 10.1. The van der Waals surface area contributed by atoms with Crippen molar-refractivity contribution in [3.05, 3.63) is 18.0 Å². The topological polar surface area (TPSA) is 43.8 Å². The first-order chi connectivity index (χ1) is 6.02. The lowest BCUT2D eigenvalue weighted by atomic mass is 10.0. The molecule has 0 aliphatic heterocycles. The second kappa shape index (κ2) is 3.83. The van der Waals surface area contributed by atoms with Gasteiger partial charge in [-0.1, -0.05) is 13.8 Å². The van der Waals surface area contributed by atoms with Crippen LogP contribution in [-0.4, -0.2) is 9.78 Å². The highest BCUT2D eigenvalue weighted by molar-refractivity contribution is 5.05. The highest BCUT2D eigenvalue weighted by Crippen LogP contribution is 2.18. The molecule has 1 aromatic heterocycles. The molecule has 1 atom stereocenters. The Morgan fingerprint density at radius 1 is 1.46 bits per heavy atom. The van der Waals surface area contributed by atoms with Gasteiger partial charge in [0, 0.05) is 6.20 Å². The normalized spacial score (nSPS) is 14.1. The van der Waals surface area contributed by atoms with Gasteiger partial charge in [-0.25, -0.2) is 4.68 Å². The Bertz CT molecular complexity index is 270. The first-order valence-electron chi connectivity index (χ1n) is 4.11. The van der Waals surface area contributed by atoms with Gasteiger partial charge < -0.3 is 5.73 Å². The van der Waals surface area contributed by atoms with Crippen LogP contribution in [0.2, 0.25) is 0 Å². The molecule has 74 valence electrons. The van der Waals surface area contributed by atoms with Gasteiger partial charge in [0.2, 0.25) is 0 Å². The van der Waals surface area contributed by atoms with Crippen LogP contribution >= 0.6 is 0 Å². The van der Waals surface area contributed by atoms with E-state index in [0.717, 1.165) is 0 Å². The summed E-state index contributed by atoms with van der Waals surface area (Å²) in [5.41, 5.74) is 6.24. The van der Waals surface area contributed by atoms with Gasteiger partial charge in [0.25, 0.3) is 0 Å². The number of aromatic nitrogens is 2. The number of hydrogen-bond acceptors (Lipinski definition) is 2. The van der Waals surface area contributed by atoms with E-state index in [4.69, 9.17) is 5.73 Å². The third-order valence-electron chi connectivity index (χ3n) is 1.89. The van der Waals surface area contributed by atoms with Gasteiger partial charge in [0.15, 0.2) is 0 Å². The van der Waals surface area contributed by atoms with Gasteiger partial charge in [0.05, 0.1) is 11.7 Å². The summed E-state index contributed by atoms with van der Waals surface area (Å²) in [5.74, 6) is 0.195. The molecule has 1 rings (SSSR count). The van der Waals surface area contributed by atoms with Crippen molar-refractivity contribution in [2.75, 3.05) is 0 Å². The third-order valence-corrected chi connectivity index (χ3v) is 1.89. The summed E-state index contributed by atoms with van der Waals surface area (Å²) in [6, 6.07) is 1.25. The fraction of sp³-hybridized carbons (Fsp3) is 0.625. The average molecular weight is 189 g/mol. The Morgan fingerprint density at radius 2 is 2.08 bits per heavy atom. The van der Waals surface area contributed by atoms with Crippen molar-refractivity contribution >= 4 is 0 Å². The molecule has 0 fully saturated rings. The van der Waals surface area contributed by atoms with E-state index in [1.165, 1.54) is 12.3 Å². The number of nitrogens with zero attached hydrogens (tertiary/aromatic N) is 2. The minimum Gasteiger partial charge on any atom is -0.322 e. The minimum atomic E-state index is -2.59. The van der Waals surface area contributed by atoms with Crippen LogP contribution in [-0.2, 0) is 0 Å². The summed E-state index contributed by atoms with van der Waals surface area (Å²) in [7, 11) is 0. The number of hydrogen-bond donors (Lipinski definition) is 1. The van der Waals surface area contributed by atoms with E-state index in [-0.39, 0.29) is 12.0 Å². The average Bonchev–Trinajstić information content (AvgIpc) is 2.50. The lowest BCUT2D eigenvalue weighted by Gasteiger charge is -2.12. The van der Waals surface area contributed by atoms with Gasteiger partial charge in [-0.2, -0.15) is 13.9 Å². The Labute approximate surface area is 75.5 Å². The fourth-order valence-electron chi connectivity index (χ4n) is 0.981. The number of rotatable bonds is 3. The van der Waals surface area contributed by atoms with Crippen LogP contribution < -0.4 is 5.73 Å².